The van der Waals surface area contributed by atoms with Crippen LogP contribution in [0.5, 0.6) is 0 Å². The monoisotopic (exact) mass is 359 g/mol. The summed E-state index contributed by atoms with van der Waals surface area (Å²) in [5, 5.41) is 10.7. The van der Waals surface area contributed by atoms with Crippen molar-refractivity contribution in [3.8, 4) is 11.3 Å². The Balaban J connectivity index is 0.00000169. The van der Waals surface area contributed by atoms with Gasteiger partial charge >= 0.3 is 12.3 Å². The normalized spacial score (nSPS) is 11.2. The molecule has 9 heteroatoms. The first kappa shape index (κ1) is 16.3. The van der Waals surface area contributed by atoms with Crippen molar-refractivity contribution in [2.45, 2.75) is 0 Å². The molecule has 0 radical (unpaired) electrons. The predicted octanol–water partition coefficient (Wildman–Crippen LogP) is 0.0402. The van der Waals surface area contributed by atoms with Gasteiger partial charge in [-0.2, -0.15) is 9.36 Å². The molecule has 3 aromatic heterocycles. The number of rotatable bonds is 3. The zero-order chi connectivity index (χ0) is 15.8. The van der Waals surface area contributed by atoms with E-state index in [-0.39, 0.29) is 12.4 Å². The molecule has 3 heterocycles. The Morgan fingerprint density at radius 2 is 1.96 bits per heavy atom. The van der Waals surface area contributed by atoms with E-state index in [0.717, 1.165) is 16.2 Å². The summed E-state index contributed by atoms with van der Waals surface area (Å²) in [7, 11) is 3.79. The van der Waals surface area contributed by atoms with Crippen LogP contribution < -0.4 is 17.1 Å². The molecule has 24 heavy (non-hydrogen) atoms. The highest BCUT2D eigenvalue weighted by molar-refractivity contribution is 7.15. The minimum Gasteiger partial charge on any atom is -1.00 e. The molecule has 7 nitrogen and oxygen atoms in total. The van der Waals surface area contributed by atoms with E-state index < -0.39 is 0 Å². The largest absolute Gasteiger partial charge is 1.00 e. The third kappa shape index (κ3) is 2.70. The van der Waals surface area contributed by atoms with Crippen LogP contribution in [0.1, 0.15) is 0 Å². The lowest BCUT2D eigenvalue weighted by molar-refractivity contribution is -0.751. The standard InChI is InChI=1S/C15H14N7S.ClH/c1-20-10-16-14(21(20)2)19-18-13-12(11-6-4-3-5-7-11)17-15-22(13)8-9-23-15;/h3-10H,1-2H3;1H/q+1;/p-1. The van der Waals surface area contributed by atoms with Gasteiger partial charge in [0.1, 0.15) is 12.7 Å². The van der Waals surface area contributed by atoms with Gasteiger partial charge in [0.2, 0.25) is 0 Å². The van der Waals surface area contributed by atoms with E-state index in [1.54, 1.807) is 17.7 Å². The summed E-state index contributed by atoms with van der Waals surface area (Å²) in [6, 6.07) is 10.0. The van der Waals surface area contributed by atoms with Crippen LogP contribution >= 0.6 is 11.3 Å². The van der Waals surface area contributed by atoms with E-state index in [4.69, 9.17) is 0 Å². The fraction of sp³-hybridized carbons (Fsp3) is 0.133. The van der Waals surface area contributed by atoms with Crippen molar-refractivity contribution < 1.29 is 17.1 Å². The number of imidazole rings is 1. The quantitative estimate of drug-likeness (QED) is 0.383. The number of hydrogen-bond acceptors (Lipinski definition) is 5. The van der Waals surface area contributed by atoms with Gasteiger partial charge in [0, 0.05) is 17.1 Å². The molecule has 122 valence electrons. The number of nitrogens with zero attached hydrogens (tertiary/aromatic N) is 7. The van der Waals surface area contributed by atoms with Crippen LogP contribution in [0.15, 0.2) is 58.5 Å². The fourth-order valence-electron chi connectivity index (χ4n) is 2.28. The second-order valence-electron chi connectivity index (χ2n) is 5.05. The third-order valence-electron chi connectivity index (χ3n) is 3.62. The molecule has 0 aliphatic rings. The number of aromatic nitrogens is 5. The Labute approximate surface area is 148 Å². The number of fused-ring (bicyclic) bond motifs is 1. The molecule has 0 unspecified atom stereocenters. The molecule has 0 saturated carbocycles. The van der Waals surface area contributed by atoms with E-state index in [2.05, 4.69) is 20.2 Å². The summed E-state index contributed by atoms with van der Waals surface area (Å²) < 4.78 is 5.60. The molecule has 0 aliphatic carbocycles. The zero-order valence-electron chi connectivity index (χ0n) is 13.0. The van der Waals surface area contributed by atoms with Crippen molar-refractivity contribution >= 4 is 28.1 Å². The van der Waals surface area contributed by atoms with Crippen LogP contribution in [0.2, 0.25) is 0 Å². The van der Waals surface area contributed by atoms with Crippen molar-refractivity contribution in [3.05, 3.63) is 48.2 Å². The van der Waals surface area contributed by atoms with Crippen LogP contribution in [-0.4, -0.2) is 19.1 Å². The molecule has 4 aromatic rings. The molecule has 0 N–H and O–H groups in total. The lowest BCUT2D eigenvalue weighted by Crippen LogP contribution is -3.00. The molecule has 0 saturated heterocycles. The molecule has 1 aromatic carbocycles. The maximum Gasteiger partial charge on any atom is 0.394 e. The maximum absolute atomic E-state index is 4.68. The molecule has 0 aliphatic heterocycles. The summed E-state index contributed by atoms with van der Waals surface area (Å²) in [6.07, 6.45) is 3.65. The highest BCUT2D eigenvalue weighted by Gasteiger charge is 2.16. The highest BCUT2D eigenvalue weighted by Crippen LogP contribution is 2.33. The number of hydrogen-bond donors (Lipinski definition) is 0. The molecule has 0 spiro atoms. The van der Waals surface area contributed by atoms with Gasteiger partial charge in [-0.1, -0.05) is 35.4 Å². The van der Waals surface area contributed by atoms with Crippen molar-refractivity contribution in [1.82, 2.24) is 19.1 Å². The minimum atomic E-state index is 0. The summed E-state index contributed by atoms with van der Waals surface area (Å²) in [5.41, 5.74) is 1.84. The van der Waals surface area contributed by atoms with Crippen LogP contribution in [0.4, 0.5) is 11.8 Å². The minimum absolute atomic E-state index is 0. The van der Waals surface area contributed by atoms with E-state index >= 15 is 0 Å². The van der Waals surface area contributed by atoms with Gasteiger partial charge < -0.3 is 12.4 Å². The predicted molar refractivity (Wildman–Crippen MR) is 87.1 cm³/mol. The molecule has 0 atom stereocenters. The SMILES string of the molecule is Cn1c(N=Nc2c(-c3ccccc3)nc3sccn23)nc[n+]1C.[Cl-]. The fourth-order valence-corrected chi connectivity index (χ4v) is 2.99. The lowest BCUT2D eigenvalue weighted by Gasteiger charge is -1.97. The second kappa shape index (κ2) is 6.50. The molecule has 0 fully saturated rings. The highest BCUT2D eigenvalue weighted by atomic mass is 35.5. The van der Waals surface area contributed by atoms with Crippen molar-refractivity contribution in [2.24, 2.45) is 24.3 Å². The molecule has 0 bridgehead atoms. The first-order valence-corrected chi connectivity index (χ1v) is 7.92. The number of benzene rings is 1. The van der Waals surface area contributed by atoms with Gasteiger partial charge in [-0.25, -0.2) is 4.98 Å². The van der Waals surface area contributed by atoms with E-state index in [1.807, 2.05) is 69.8 Å². The van der Waals surface area contributed by atoms with Gasteiger partial charge in [0.25, 0.3) is 0 Å². The number of aryl methyl sites for hydroxylation is 1. The smallest absolute Gasteiger partial charge is 0.394 e. The topological polar surface area (TPSA) is 63.7 Å². The molecule has 0 amide bonds. The Kier molecular flexibility index (Phi) is 4.41. The van der Waals surface area contributed by atoms with Crippen molar-refractivity contribution in [3.63, 3.8) is 0 Å². The van der Waals surface area contributed by atoms with Gasteiger partial charge in [-0.3, -0.25) is 4.40 Å². The van der Waals surface area contributed by atoms with Gasteiger partial charge in [-0.05, 0) is 4.98 Å². The van der Waals surface area contributed by atoms with Gasteiger partial charge in [0.05, 0.1) is 7.05 Å². The first-order valence-electron chi connectivity index (χ1n) is 7.04. The zero-order valence-corrected chi connectivity index (χ0v) is 14.6. The van der Waals surface area contributed by atoms with Crippen LogP contribution in [-0.2, 0) is 14.1 Å². The molecular weight excluding hydrogens is 346 g/mol. The third-order valence-corrected chi connectivity index (χ3v) is 4.38. The molecular formula is C15H14ClN7S. The first-order chi connectivity index (χ1) is 11.2. The average Bonchev–Trinajstić information content (AvgIpc) is 3.24. The van der Waals surface area contributed by atoms with Gasteiger partial charge in [0.15, 0.2) is 10.8 Å². The average molecular weight is 360 g/mol. The van der Waals surface area contributed by atoms with E-state index in [1.165, 1.54) is 0 Å². The Morgan fingerprint density at radius 1 is 1.17 bits per heavy atom. The lowest BCUT2D eigenvalue weighted by atomic mass is 10.1. The van der Waals surface area contributed by atoms with Crippen LogP contribution in [0, 0.1) is 0 Å². The second-order valence-corrected chi connectivity index (χ2v) is 5.92. The number of azo groups is 1. The summed E-state index contributed by atoms with van der Waals surface area (Å²) in [5.74, 6) is 1.25. The molecule has 4 rings (SSSR count). The Bertz CT molecular complexity index is 1000. The van der Waals surface area contributed by atoms with Crippen LogP contribution in [0.3, 0.4) is 0 Å². The van der Waals surface area contributed by atoms with Crippen LogP contribution in [0.25, 0.3) is 16.2 Å². The van der Waals surface area contributed by atoms with Gasteiger partial charge in [-0.15, -0.1) is 16.5 Å². The summed E-state index contributed by atoms with van der Waals surface area (Å²) in [6.45, 7) is 0. The van der Waals surface area contributed by atoms with E-state index in [9.17, 15) is 0 Å². The Hall–Kier alpha value is -2.58. The van der Waals surface area contributed by atoms with Crippen molar-refractivity contribution in [2.75, 3.05) is 0 Å². The summed E-state index contributed by atoms with van der Waals surface area (Å²) >= 11 is 1.57. The number of thiazole rings is 1. The number of halogens is 1. The van der Waals surface area contributed by atoms with Crippen molar-refractivity contribution in [1.29, 1.82) is 0 Å². The maximum atomic E-state index is 4.68. The van der Waals surface area contributed by atoms with E-state index in [0.29, 0.717) is 11.8 Å². The summed E-state index contributed by atoms with van der Waals surface area (Å²) in [4.78, 5) is 9.79. The Morgan fingerprint density at radius 3 is 2.67 bits per heavy atom.